The van der Waals surface area contributed by atoms with Crippen molar-refractivity contribution < 1.29 is 24.6 Å². The molecule has 4 heterocycles. The lowest BCUT2D eigenvalue weighted by atomic mass is 9.66. The van der Waals surface area contributed by atoms with Gasteiger partial charge in [-0.25, -0.2) is 0 Å². The quantitative estimate of drug-likeness (QED) is 0.305. The number of hydrogen-bond donors (Lipinski definition) is 3. The van der Waals surface area contributed by atoms with Crippen molar-refractivity contribution in [3.8, 4) is 5.75 Å². The second kappa shape index (κ2) is 13.9. The number of phenolic OH excluding ortho intramolecular Hbond substituents is 1. The summed E-state index contributed by atoms with van der Waals surface area (Å²) in [5.41, 5.74) is 6.80. The van der Waals surface area contributed by atoms with Gasteiger partial charge >= 0.3 is 0 Å². The van der Waals surface area contributed by atoms with Gasteiger partial charge in [0.05, 0.1) is 5.60 Å². The highest BCUT2D eigenvalue weighted by molar-refractivity contribution is 6.05. The lowest BCUT2D eigenvalue weighted by Gasteiger charge is -2.41. The van der Waals surface area contributed by atoms with Gasteiger partial charge in [0.25, 0.3) is 5.91 Å². The van der Waals surface area contributed by atoms with E-state index < -0.39 is 11.6 Å². The van der Waals surface area contributed by atoms with E-state index in [1.807, 2.05) is 38.1 Å². The number of nitrogens with zero attached hydrogens (tertiary/aromatic N) is 4. The smallest absolute Gasteiger partial charge is 0.255 e. The van der Waals surface area contributed by atoms with Crippen LogP contribution >= 0.6 is 0 Å². The van der Waals surface area contributed by atoms with E-state index in [0.717, 1.165) is 69.9 Å². The number of benzene rings is 3. The van der Waals surface area contributed by atoms with Crippen LogP contribution in [0.1, 0.15) is 84.5 Å². The first-order valence-corrected chi connectivity index (χ1v) is 19.2. The molecule has 5 aliphatic rings. The number of piperazine rings is 1. The van der Waals surface area contributed by atoms with Gasteiger partial charge in [0.1, 0.15) is 11.8 Å². The van der Waals surface area contributed by atoms with E-state index in [9.17, 15) is 24.6 Å². The Kier molecular flexibility index (Phi) is 9.24. The Labute approximate surface area is 306 Å². The standard InChI is InChI=1S/C42H51N5O5/c1-42(2,52)36-12-5-29-24-33(48)9-11-34(29)39(36)28-3-6-31(7-4-28)45-17-15-27(16-18-45)25-44-19-21-46(22-20-44)32-8-10-35-30(23-32)26-47(41(35)51)37-13-14-38(49)43-40(37)50/h3-4,6-11,23-24,27,36-37,39,48,52H,5,12-22,25-26H2,1-2H3,(H,43,49,50)/t36-,37-,39+/m0/s1. The molecule has 0 saturated carbocycles. The number of aromatic hydroxyl groups is 1. The van der Waals surface area contributed by atoms with Crippen LogP contribution in [0.4, 0.5) is 11.4 Å². The maximum atomic E-state index is 13.1. The van der Waals surface area contributed by atoms with Crippen LogP contribution in [-0.4, -0.2) is 95.2 Å². The first-order valence-electron chi connectivity index (χ1n) is 19.2. The zero-order valence-electron chi connectivity index (χ0n) is 30.4. The van der Waals surface area contributed by atoms with Crippen LogP contribution in [0.2, 0.25) is 0 Å². The maximum Gasteiger partial charge on any atom is 0.255 e. The summed E-state index contributed by atoms with van der Waals surface area (Å²) in [5.74, 6) is 0.397. The predicted molar refractivity (Wildman–Crippen MR) is 201 cm³/mol. The Morgan fingerprint density at radius 1 is 0.769 bits per heavy atom. The summed E-state index contributed by atoms with van der Waals surface area (Å²) < 4.78 is 0. The topological polar surface area (TPSA) is 117 Å². The molecule has 3 aromatic carbocycles. The van der Waals surface area contributed by atoms with Crippen molar-refractivity contribution in [3.05, 3.63) is 88.5 Å². The van der Waals surface area contributed by atoms with Crippen LogP contribution in [0.3, 0.4) is 0 Å². The molecule has 3 atom stereocenters. The highest BCUT2D eigenvalue weighted by Gasteiger charge is 2.41. The fourth-order valence-corrected chi connectivity index (χ4v) is 9.56. The van der Waals surface area contributed by atoms with Crippen molar-refractivity contribution >= 4 is 29.1 Å². The molecule has 0 radical (unpaired) electrons. The number of nitrogens with one attached hydrogen (secondary N) is 1. The van der Waals surface area contributed by atoms with E-state index in [1.54, 1.807) is 11.0 Å². The number of carbonyl (C=O) groups is 3. The van der Waals surface area contributed by atoms with E-state index in [0.29, 0.717) is 30.2 Å². The third kappa shape index (κ3) is 6.78. The molecule has 0 spiro atoms. The number of phenols is 1. The minimum atomic E-state index is -0.805. The average Bonchev–Trinajstić information content (AvgIpc) is 3.46. The number of piperidine rings is 2. The van der Waals surface area contributed by atoms with E-state index in [-0.39, 0.29) is 36.0 Å². The lowest BCUT2D eigenvalue weighted by Crippen LogP contribution is -2.52. The van der Waals surface area contributed by atoms with Gasteiger partial charge in [-0.1, -0.05) is 18.2 Å². The van der Waals surface area contributed by atoms with Gasteiger partial charge in [-0.05, 0) is 123 Å². The maximum absolute atomic E-state index is 13.1. The number of carbonyl (C=O) groups excluding carboxylic acids is 3. The first kappa shape index (κ1) is 34.7. The highest BCUT2D eigenvalue weighted by Crippen LogP contribution is 2.46. The van der Waals surface area contributed by atoms with Crippen LogP contribution in [0.25, 0.3) is 0 Å². The number of hydrogen-bond acceptors (Lipinski definition) is 8. The van der Waals surface area contributed by atoms with Crippen molar-refractivity contribution in [1.82, 2.24) is 15.1 Å². The van der Waals surface area contributed by atoms with Gasteiger partial charge in [-0.15, -0.1) is 0 Å². The molecule has 0 unspecified atom stereocenters. The normalized spacial score (nSPS) is 24.6. The van der Waals surface area contributed by atoms with Gasteiger partial charge in [0, 0.05) is 81.6 Å². The third-order valence-corrected chi connectivity index (χ3v) is 12.5. The zero-order valence-corrected chi connectivity index (χ0v) is 30.4. The Hall–Kier alpha value is -4.41. The molecule has 3 fully saturated rings. The minimum absolute atomic E-state index is 0.0897. The van der Waals surface area contributed by atoms with E-state index in [1.165, 1.54) is 35.2 Å². The van der Waals surface area contributed by atoms with E-state index in [2.05, 4.69) is 50.3 Å². The molecule has 52 heavy (non-hydrogen) atoms. The SMILES string of the molecule is CC(C)(O)[C@H]1CCc2cc(O)ccc2[C@H]1c1ccc(N2CCC(CN3CCN(c4ccc5c(c4)CN([C@H]4CCC(=O)NC4=O)C5=O)CC3)CC2)cc1. The fourth-order valence-electron chi connectivity index (χ4n) is 9.56. The Balaban J connectivity index is 0.831. The molecule has 1 aliphatic carbocycles. The number of rotatable bonds is 7. The number of fused-ring (bicyclic) bond motifs is 2. The summed E-state index contributed by atoms with van der Waals surface area (Å²) in [6.45, 7) is 11.4. The molecule has 0 aromatic heterocycles. The van der Waals surface area contributed by atoms with Gasteiger partial charge in [-0.2, -0.15) is 0 Å². The predicted octanol–water partition coefficient (Wildman–Crippen LogP) is 4.66. The number of aliphatic hydroxyl groups is 1. The Morgan fingerprint density at radius 2 is 1.48 bits per heavy atom. The zero-order chi connectivity index (χ0) is 36.1. The molecule has 0 bridgehead atoms. The van der Waals surface area contributed by atoms with Crippen molar-refractivity contribution in [2.45, 2.75) is 76.5 Å². The molecule has 8 rings (SSSR count). The van der Waals surface area contributed by atoms with Crippen LogP contribution < -0.4 is 15.1 Å². The molecule has 10 heteroatoms. The molecular weight excluding hydrogens is 654 g/mol. The van der Waals surface area contributed by atoms with Gasteiger partial charge in [0.15, 0.2) is 0 Å². The molecular formula is C42H51N5O5. The summed E-state index contributed by atoms with van der Waals surface area (Å²) in [7, 11) is 0. The Morgan fingerprint density at radius 3 is 2.19 bits per heavy atom. The van der Waals surface area contributed by atoms with Crippen LogP contribution in [0, 0.1) is 11.8 Å². The van der Waals surface area contributed by atoms with Crippen molar-refractivity contribution in [2.75, 3.05) is 55.6 Å². The van der Waals surface area contributed by atoms with Gasteiger partial charge in [-0.3, -0.25) is 24.6 Å². The summed E-state index contributed by atoms with van der Waals surface area (Å²) in [6, 6.07) is 20.2. The van der Waals surface area contributed by atoms with Gasteiger partial charge in [0.2, 0.25) is 11.8 Å². The number of amides is 3. The number of anilines is 2. The van der Waals surface area contributed by atoms with E-state index in [4.69, 9.17) is 0 Å². The van der Waals surface area contributed by atoms with Crippen molar-refractivity contribution in [2.24, 2.45) is 11.8 Å². The third-order valence-electron chi connectivity index (χ3n) is 12.5. The second-order valence-electron chi connectivity index (χ2n) is 16.2. The molecule has 3 aromatic rings. The fraction of sp³-hybridized carbons (Fsp3) is 0.500. The average molecular weight is 706 g/mol. The second-order valence-corrected chi connectivity index (χ2v) is 16.2. The van der Waals surface area contributed by atoms with Crippen LogP contribution in [-0.2, 0) is 22.6 Å². The molecule has 4 aliphatic heterocycles. The summed E-state index contributed by atoms with van der Waals surface area (Å²) >= 11 is 0. The molecule has 3 amide bonds. The molecule has 3 saturated heterocycles. The van der Waals surface area contributed by atoms with Crippen LogP contribution in [0.15, 0.2) is 60.7 Å². The summed E-state index contributed by atoms with van der Waals surface area (Å²) in [4.78, 5) is 46.3. The monoisotopic (exact) mass is 705 g/mol. The highest BCUT2D eigenvalue weighted by atomic mass is 16.3. The minimum Gasteiger partial charge on any atom is -0.508 e. The number of imide groups is 1. The van der Waals surface area contributed by atoms with Crippen LogP contribution in [0.5, 0.6) is 5.75 Å². The number of aryl methyl sites for hydroxylation is 1. The Bertz CT molecular complexity index is 1840. The lowest BCUT2D eigenvalue weighted by molar-refractivity contribution is -0.136. The van der Waals surface area contributed by atoms with Crippen molar-refractivity contribution in [3.63, 3.8) is 0 Å². The van der Waals surface area contributed by atoms with E-state index >= 15 is 0 Å². The van der Waals surface area contributed by atoms with Crippen molar-refractivity contribution in [1.29, 1.82) is 0 Å². The molecule has 3 N–H and O–H groups in total. The largest absolute Gasteiger partial charge is 0.508 e. The first-order chi connectivity index (χ1) is 25.0. The summed E-state index contributed by atoms with van der Waals surface area (Å²) in [6.07, 6.45) is 4.73. The molecule has 274 valence electrons. The summed E-state index contributed by atoms with van der Waals surface area (Å²) in [5, 5.41) is 23.6. The molecule has 10 nitrogen and oxygen atoms in total. The van der Waals surface area contributed by atoms with Gasteiger partial charge < -0.3 is 24.9 Å².